The molecule has 0 radical (unpaired) electrons. The van der Waals surface area contributed by atoms with E-state index in [9.17, 15) is 4.79 Å². The zero-order chi connectivity index (χ0) is 16.5. The highest BCUT2D eigenvalue weighted by atomic mass is 16.6. The fourth-order valence-corrected chi connectivity index (χ4v) is 1.66. The lowest BCUT2D eigenvalue weighted by Crippen LogP contribution is -2.34. The van der Waals surface area contributed by atoms with Gasteiger partial charge in [-0.1, -0.05) is 40.3 Å². The largest absolute Gasteiger partial charge is 0.443 e. The maximum absolute atomic E-state index is 12.0. The molecule has 0 unspecified atom stereocenters. The van der Waals surface area contributed by atoms with Crippen LogP contribution in [0.5, 0.6) is 0 Å². The van der Waals surface area contributed by atoms with E-state index in [1.165, 1.54) is 4.90 Å². The van der Waals surface area contributed by atoms with E-state index in [-0.39, 0.29) is 6.09 Å². The van der Waals surface area contributed by atoms with Gasteiger partial charge < -0.3 is 4.74 Å². The van der Waals surface area contributed by atoms with Crippen LogP contribution in [0.3, 0.4) is 0 Å². The van der Waals surface area contributed by atoms with Gasteiger partial charge in [-0.3, -0.25) is 4.90 Å². The number of rotatable bonds is 4. The predicted octanol–water partition coefficient (Wildman–Crippen LogP) is 5.39. The monoisotopic (exact) mass is 283 g/mol. The summed E-state index contributed by atoms with van der Waals surface area (Å²) in [5.41, 5.74) is 1.31. The van der Waals surface area contributed by atoms with Gasteiger partial charge in [0.1, 0.15) is 5.60 Å². The summed E-state index contributed by atoms with van der Waals surface area (Å²) in [6.07, 6.45) is 2.42. The van der Waals surface area contributed by atoms with E-state index in [0.29, 0.717) is 5.92 Å². The van der Waals surface area contributed by atoms with E-state index in [4.69, 9.17) is 4.74 Å². The van der Waals surface area contributed by atoms with Crippen molar-refractivity contribution in [1.29, 1.82) is 0 Å². The smallest absolute Gasteiger partial charge is 0.414 e. The molecule has 0 aliphatic heterocycles. The molecule has 3 nitrogen and oxygen atoms in total. The molecule has 20 heavy (non-hydrogen) atoms. The number of nitrogens with zero attached hydrogens (tertiary/aromatic N) is 1. The lowest BCUT2D eigenvalue weighted by molar-refractivity contribution is 0.0355. The Balaban J connectivity index is 0. The molecule has 1 amide bonds. The van der Waals surface area contributed by atoms with Gasteiger partial charge in [-0.05, 0) is 45.6 Å². The van der Waals surface area contributed by atoms with Crippen molar-refractivity contribution in [3.63, 3.8) is 0 Å². The van der Waals surface area contributed by atoms with Gasteiger partial charge in [0.15, 0.2) is 0 Å². The molecule has 0 bridgehead atoms. The molecule has 0 aliphatic carbocycles. The Bertz CT molecular complexity index is 335. The van der Waals surface area contributed by atoms with Gasteiger partial charge in [0, 0.05) is 12.7 Å². The molecule has 0 aromatic heterocycles. The average Bonchev–Trinajstić information content (AvgIpc) is 2.29. The van der Waals surface area contributed by atoms with Crippen LogP contribution in [0.1, 0.15) is 61.8 Å². The topological polar surface area (TPSA) is 29.5 Å². The molecule has 0 fully saturated rings. The van der Waals surface area contributed by atoms with Crippen molar-refractivity contribution in [2.75, 3.05) is 7.05 Å². The number of amides is 1. The Labute approximate surface area is 125 Å². The molecule has 0 aliphatic rings. The second kappa shape index (κ2) is 9.62. The number of hydrogen-bond acceptors (Lipinski definition) is 2. The fraction of sp³-hybridized carbons (Fsp3) is 0.706. The van der Waals surface area contributed by atoms with Crippen LogP contribution in [-0.2, 0) is 4.74 Å². The van der Waals surface area contributed by atoms with Gasteiger partial charge in [-0.2, -0.15) is 0 Å². The summed E-state index contributed by atoms with van der Waals surface area (Å²) in [6, 6.07) is 0. The first kappa shape index (κ1) is 21.1. The highest BCUT2D eigenvalue weighted by Gasteiger charge is 2.22. The Hall–Kier alpha value is -1.25. The normalized spacial score (nSPS) is 11.6. The third-order valence-corrected chi connectivity index (χ3v) is 2.32. The van der Waals surface area contributed by atoms with Crippen LogP contribution in [0, 0.1) is 5.92 Å². The maximum Gasteiger partial charge on any atom is 0.414 e. The van der Waals surface area contributed by atoms with Crippen LogP contribution >= 0.6 is 0 Å². The average molecular weight is 283 g/mol. The predicted molar refractivity (Wildman–Crippen MR) is 87.7 cm³/mol. The van der Waals surface area contributed by atoms with Gasteiger partial charge in [0.2, 0.25) is 0 Å². The fourth-order valence-electron chi connectivity index (χ4n) is 1.66. The number of likely N-dealkylation sites (N-methyl/N-ethyl adjacent to an activating group) is 1. The second-order valence-electron chi connectivity index (χ2n) is 5.91. The molecule has 0 aromatic carbocycles. The quantitative estimate of drug-likeness (QED) is 0.648. The first-order valence-corrected chi connectivity index (χ1v) is 7.39. The van der Waals surface area contributed by atoms with Crippen LogP contribution in [0.25, 0.3) is 0 Å². The zero-order valence-electron chi connectivity index (χ0n) is 14.8. The summed E-state index contributed by atoms with van der Waals surface area (Å²) in [5, 5.41) is 0. The van der Waals surface area contributed by atoms with Crippen LogP contribution < -0.4 is 0 Å². The summed E-state index contributed by atoms with van der Waals surface area (Å²) in [7, 11) is 1.72. The summed E-state index contributed by atoms with van der Waals surface area (Å²) in [4.78, 5) is 13.5. The minimum atomic E-state index is -0.483. The number of allylic oxidation sites excluding steroid dienone is 2. The lowest BCUT2D eigenvalue weighted by Gasteiger charge is -2.27. The van der Waals surface area contributed by atoms with Gasteiger partial charge in [-0.25, -0.2) is 4.79 Å². The Morgan fingerprint density at radius 3 is 2.05 bits per heavy atom. The lowest BCUT2D eigenvalue weighted by atomic mass is 10.0. The first-order chi connectivity index (χ1) is 9.08. The van der Waals surface area contributed by atoms with Crippen molar-refractivity contribution < 1.29 is 9.53 Å². The molecule has 0 spiro atoms. The van der Waals surface area contributed by atoms with Crippen molar-refractivity contribution in [2.45, 2.75) is 67.4 Å². The van der Waals surface area contributed by atoms with Gasteiger partial charge in [0.25, 0.3) is 0 Å². The third kappa shape index (κ3) is 8.78. The van der Waals surface area contributed by atoms with Gasteiger partial charge in [0.05, 0.1) is 0 Å². The van der Waals surface area contributed by atoms with Gasteiger partial charge in [-0.15, -0.1) is 0 Å². The second-order valence-corrected chi connectivity index (χ2v) is 5.91. The summed E-state index contributed by atoms with van der Waals surface area (Å²) in [5.74, 6) is 0.513. The Kier molecular flexibility index (Phi) is 10.1. The number of carbonyl (C=O) groups excluding carboxylic acids is 1. The van der Waals surface area contributed by atoms with E-state index in [1.54, 1.807) is 7.05 Å². The molecule has 0 N–H and O–H groups in total. The molecule has 3 heteroatoms. The number of ether oxygens (including phenoxy) is 1. The number of carbonyl (C=O) groups is 1. The molecule has 0 aromatic rings. The molecular formula is C17H33NO2. The first-order valence-electron chi connectivity index (χ1n) is 7.39. The standard InChI is InChI=1S/C15H27NO2.C2H6/c1-9-13(12(4)10-11(2)3)16(8)14(17)18-15(5,6)7;1-2/h9,11H,4,10H2,1-3,5-8H3;1-2H3/b13-9+;. The van der Waals surface area contributed by atoms with Gasteiger partial charge >= 0.3 is 6.09 Å². The van der Waals surface area contributed by atoms with Crippen LogP contribution in [0.2, 0.25) is 0 Å². The molecule has 0 saturated carbocycles. The highest BCUT2D eigenvalue weighted by Crippen LogP contribution is 2.21. The maximum atomic E-state index is 12.0. The third-order valence-electron chi connectivity index (χ3n) is 2.32. The SMILES string of the molecule is C=C(CC(C)C)/C(=C\C)N(C)C(=O)OC(C)(C)C.CC. The van der Waals surface area contributed by atoms with Crippen molar-refractivity contribution in [3.05, 3.63) is 23.9 Å². The van der Waals surface area contributed by atoms with Crippen LogP contribution in [-0.4, -0.2) is 23.6 Å². The van der Waals surface area contributed by atoms with Crippen LogP contribution in [0.15, 0.2) is 23.9 Å². The highest BCUT2D eigenvalue weighted by molar-refractivity contribution is 5.71. The zero-order valence-corrected chi connectivity index (χ0v) is 14.8. The van der Waals surface area contributed by atoms with Crippen LogP contribution in [0.4, 0.5) is 4.79 Å². The minimum absolute atomic E-state index is 0.347. The molecular weight excluding hydrogens is 250 g/mol. The molecule has 118 valence electrons. The molecule has 0 rings (SSSR count). The van der Waals surface area contributed by atoms with Crippen molar-refractivity contribution >= 4 is 6.09 Å². The van der Waals surface area contributed by atoms with Crippen molar-refractivity contribution in [3.8, 4) is 0 Å². The van der Waals surface area contributed by atoms with E-state index < -0.39 is 5.60 Å². The Morgan fingerprint density at radius 1 is 1.30 bits per heavy atom. The number of hydrogen-bond donors (Lipinski definition) is 0. The van der Waals surface area contributed by atoms with Crippen molar-refractivity contribution in [1.82, 2.24) is 4.90 Å². The molecule has 0 heterocycles. The summed E-state index contributed by atoms with van der Waals surface area (Å²) in [6.45, 7) is 19.8. The Morgan fingerprint density at radius 2 is 1.75 bits per heavy atom. The minimum Gasteiger partial charge on any atom is -0.443 e. The van der Waals surface area contributed by atoms with E-state index >= 15 is 0 Å². The summed E-state index contributed by atoms with van der Waals surface area (Å²) < 4.78 is 5.34. The van der Waals surface area contributed by atoms with E-state index in [0.717, 1.165) is 17.7 Å². The van der Waals surface area contributed by atoms with E-state index in [2.05, 4.69) is 20.4 Å². The molecule has 0 atom stereocenters. The van der Waals surface area contributed by atoms with Crippen molar-refractivity contribution in [2.24, 2.45) is 5.92 Å². The van der Waals surface area contributed by atoms with E-state index in [1.807, 2.05) is 47.6 Å². The molecule has 0 saturated heterocycles. The summed E-state index contributed by atoms with van der Waals surface area (Å²) >= 11 is 0.